The van der Waals surface area contributed by atoms with Crippen molar-refractivity contribution in [1.29, 1.82) is 0 Å². The summed E-state index contributed by atoms with van der Waals surface area (Å²) in [5.74, 6) is 0.798. The van der Waals surface area contributed by atoms with Crippen LogP contribution in [-0.2, 0) is 11.0 Å². The van der Waals surface area contributed by atoms with Crippen molar-refractivity contribution >= 4 is 5.91 Å². The van der Waals surface area contributed by atoms with E-state index >= 15 is 0 Å². The number of hydrogen-bond donors (Lipinski definition) is 0. The van der Waals surface area contributed by atoms with Crippen LogP contribution in [0.1, 0.15) is 61.0 Å². The molecule has 178 valence electrons. The highest BCUT2D eigenvalue weighted by Crippen LogP contribution is 2.39. The Kier molecular flexibility index (Phi) is 6.15. The summed E-state index contributed by atoms with van der Waals surface area (Å²) in [6.07, 6.45) is 0.138. The minimum atomic E-state index is -4.38. The quantitative estimate of drug-likeness (QED) is 0.467. The van der Waals surface area contributed by atoms with Gasteiger partial charge in [0.15, 0.2) is 0 Å². The fraction of sp³-hybridized carbons (Fsp3) is 0.423. The van der Waals surface area contributed by atoms with E-state index in [1.807, 2.05) is 35.2 Å². The lowest BCUT2D eigenvalue weighted by atomic mass is 9.83. The van der Waals surface area contributed by atoms with Gasteiger partial charge in [0, 0.05) is 30.5 Å². The van der Waals surface area contributed by atoms with Crippen LogP contribution in [0.4, 0.5) is 13.2 Å². The number of carbonyl (C=O) groups is 1. The molecule has 2 aromatic carbocycles. The van der Waals surface area contributed by atoms with Gasteiger partial charge < -0.3 is 9.42 Å². The van der Waals surface area contributed by atoms with Crippen molar-refractivity contribution in [3.05, 3.63) is 71.6 Å². The van der Waals surface area contributed by atoms with E-state index in [2.05, 4.69) is 10.1 Å². The molecule has 2 fully saturated rings. The van der Waals surface area contributed by atoms with Gasteiger partial charge in [0.25, 0.3) is 0 Å². The SMILES string of the molecule is O=C(C1CCCC1)N1CC(c2ccc(C(F)(F)F)cc2)CC(c2nc(-c3ccccc3)no2)C1. The fourth-order valence-electron chi connectivity index (χ4n) is 5.18. The number of aromatic nitrogens is 2. The van der Waals surface area contributed by atoms with Gasteiger partial charge in [-0.15, -0.1) is 0 Å². The van der Waals surface area contributed by atoms with E-state index in [1.165, 1.54) is 12.1 Å². The second-order valence-corrected chi connectivity index (χ2v) is 9.30. The zero-order valence-corrected chi connectivity index (χ0v) is 18.7. The summed E-state index contributed by atoms with van der Waals surface area (Å²) in [5, 5.41) is 4.13. The van der Waals surface area contributed by atoms with Gasteiger partial charge in [0.1, 0.15) is 0 Å². The van der Waals surface area contributed by atoms with E-state index in [4.69, 9.17) is 4.52 Å². The number of likely N-dealkylation sites (tertiary alicyclic amines) is 1. The van der Waals surface area contributed by atoms with Gasteiger partial charge >= 0.3 is 6.18 Å². The zero-order chi connectivity index (χ0) is 23.7. The summed E-state index contributed by atoms with van der Waals surface area (Å²) in [5.41, 5.74) is 0.947. The third kappa shape index (κ3) is 4.72. The Morgan fingerprint density at radius 3 is 2.29 bits per heavy atom. The molecule has 5 nitrogen and oxygen atoms in total. The lowest BCUT2D eigenvalue weighted by Gasteiger charge is -2.38. The molecule has 8 heteroatoms. The van der Waals surface area contributed by atoms with Crippen molar-refractivity contribution in [2.45, 2.75) is 50.1 Å². The summed E-state index contributed by atoms with van der Waals surface area (Å²) in [6.45, 7) is 0.958. The number of halogens is 3. The van der Waals surface area contributed by atoms with E-state index < -0.39 is 11.7 Å². The molecule has 34 heavy (non-hydrogen) atoms. The van der Waals surface area contributed by atoms with Crippen LogP contribution in [0.3, 0.4) is 0 Å². The predicted molar refractivity (Wildman–Crippen MR) is 120 cm³/mol. The molecule has 2 heterocycles. The summed E-state index contributed by atoms with van der Waals surface area (Å²) in [6, 6.07) is 14.8. The van der Waals surface area contributed by atoms with Gasteiger partial charge in [-0.2, -0.15) is 18.2 Å². The molecule has 2 atom stereocenters. The molecule has 2 unspecified atom stereocenters. The van der Waals surface area contributed by atoms with Gasteiger partial charge in [0.2, 0.25) is 17.6 Å². The highest BCUT2D eigenvalue weighted by atomic mass is 19.4. The first-order valence-corrected chi connectivity index (χ1v) is 11.7. The van der Waals surface area contributed by atoms with Gasteiger partial charge in [-0.1, -0.05) is 60.5 Å². The number of alkyl halides is 3. The lowest BCUT2D eigenvalue weighted by molar-refractivity contribution is -0.138. The van der Waals surface area contributed by atoms with E-state index in [1.54, 1.807) is 0 Å². The molecule has 1 amide bonds. The summed E-state index contributed by atoms with van der Waals surface area (Å²) in [7, 11) is 0. The van der Waals surface area contributed by atoms with Crippen molar-refractivity contribution in [1.82, 2.24) is 15.0 Å². The molecule has 1 aliphatic heterocycles. The Hall–Kier alpha value is -3.16. The van der Waals surface area contributed by atoms with E-state index in [9.17, 15) is 18.0 Å². The van der Waals surface area contributed by atoms with Gasteiger partial charge in [-0.05, 0) is 37.0 Å². The predicted octanol–water partition coefficient (Wildman–Crippen LogP) is 6.05. The first-order valence-electron chi connectivity index (χ1n) is 11.7. The molecule has 2 aliphatic rings. The number of carbonyl (C=O) groups excluding carboxylic acids is 1. The minimum absolute atomic E-state index is 0.0228. The highest BCUT2D eigenvalue weighted by Gasteiger charge is 2.38. The van der Waals surface area contributed by atoms with Gasteiger partial charge in [0.05, 0.1) is 11.5 Å². The Bertz CT molecular complexity index is 1120. The molecule has 1 saturated carbocycles. The minimum Gasteiger partial charge on any atom is -0.341 e. The maximum atomic E-state index is 13.3. The maximum absolute atomic E-state index is 13.3. The molecule has 3 aromatic rings. The first kappa shape index (κ1) is 22.6. The van der Waals surface area contributed by atoms with Crippen molar-refractivity contribution in [3.63, 3.8) is 0 Å². The van der Waals surface area contributed by atoms with Gasteiger partial charge in [-0.3, -0.25) is 4.79 Å². The topological polar surface area (TPSA) is 59.2 Å². The molecule has 0 radical (unpaired) electrons. The lowest BCUT2D eigenvalue weighted by Crippen LogP contribution is -2.44. The van der Waals surface area contributed by atoms with Gasteiger partial charge in [-0.25, -0.2) is 0 Å². The summed E-state index contributed by atoms with van der Waals surface area (Å²) >= 11 is 0. The third-order valence-corrected chi connectivity index (χ3v) is 7.00. The van der Waals surface area contributed by atoms with Crippen molar-refractivity contribution in [3.8, 4) is 11.4 Å². The molecule has 1 aliphatic carbocycles. The molecule has 0 N–H and O–H groups in total. The fourth-order valence-corrected chi connectivity index (χ4v) is 5.18. The normalized spacial score (nSPS) is 21.7. The van der Waals surface area contributed by atoms with E-state index in [0.717, 1.165) is 48.9 Å². The molecule has 1 aromatic heterocycles. The van der Waals surface area contributed by atoms with Crippen LogP contribution in [-0.4, -0.2) is 34.0 Å². The van der Waals surface area contributed by atoms with Crippen LogP contribution in [0, 0.1) is 5.92 Å². The number of rotatable bonds is 4. The van der Waals surface area contributed by atoms with Crippen LogP contribution in [0.2, 0.25) is 0 Å². The largest absolute Gasteiger partial charge is 0.416 e. The van der Waals surface area contributed by atoms with Crippen LogP contribution < -0.4 is 0 Å². The second-order valence-electron chi connectivity index (χ2n) is 9.30. The third-order valence-electron chi connectivity index (χ3n) is 7.00. The van der Waals surface area contributed by atoms with Crippen LogP contribution in [0.15, 0.2) is 59.1 Å². The molecule has 0 spiro atoms. The Labute approximate surface area is 196 Å². The van der Waals surface area contributed by atoms with Crippen LogP contribution in [0.5, 0.6) is 0 Å². The summed E-state index contributed by atoms with van der Waals surface area (Å²) in [4.78, 5) is 19.7. The number of piperidine rings is 1. The molecular weight excluding hydrogens is 443 g/mol. The average Bonchev–Trinajstić information content (AvgIpc) is 3.56. The number of hydrogen-bond acceptors (Lipinski definition) is 4. The molecular formula is C26H26F3N3O2. The maximum Gasteiger partial charge on any atom is 0.416 e. The number of amides is 1. The van der Waals surface area contributed by atoms with E-state index in [-0.39, 0.29) is 23.7 Å². The highest BCUT2D eigenvalue weighted by molar-refractivity contribution is 5.79. The monoisotopic (exact) mass is 469 g/mol. The average molecular weight is 470 g/mol. The van der Waals surface area contributed by atoms with Crippen LogP contribution in [0.25, 0.3) is 11.4 Å². The molecule has 5 rings (SSSR count). The standard InChI is InChI=1S/C26H26F3N3O2/c27-26(28,29)22-12-10-17(11-13-22)20-14-21(16-32(15-20)25(33)19-8-4-5-9-19)24-30-23(31-34-24)18-6-2-1-3-7-18/h1-3,6-7,10-13,19-21H,4-5,8-9,14-16H2. The van der Waals surface area contributed by atoms with Crippen molar-refractivity contribution < 1.29 is 22.5 Å². The number of nitrogens with zero attached hydrogens (tertiary/aromatic N) is 3. The second kappa shape index (κ2) is 9.24. The van der Waals surface area contributed by atoms with Crippen molar-refractivity contribution in [2.75, 3.05) is 13.1 Å². The number of benzene rings is 2. The van der Waals surface area contributed by atoms with E-state index in [0.29, 0.717) is 31.2 Å². The Balaban J connectivity index is 1.42. The van der Waals surface area contributed by atoms with Crippen LogP contribution >= 0.6 is 0 Å². The Morgan fingerprint density at radius 2 is 1.62 bits per heavy atom. The summed E-state index contributed by atoms with van der Waals surface area (Å²) < 4.78 is 44.8. The molecule has 0 bridgehead atoms. The smallest absolute Gasteiger partial charge is 0.341 e. The molecule has 1 saturated heterocycles. The zero-order valence-electron chi connectivity index (χ0n) is 18.7. The Morgan fingerprint density at radius 1 is 0.941 bits per heavy atom. The van der Waals surface area contributed by atoms with Crippen molar-refractivity contribution in [2.24, 2.45) is 5.92 Å². The first-order chi connectivity index (χ1) is 16.4.